The Morgan fingerprint density at radius 1 is 1.27 bits per heavy atom. The van der Waals surface area contributed by atoms with Crippen molar-refractivity contribution < 1.29 is 9.59 Å². The highest BCUT2D eigenvalue weighted by atomic mass is 16.2. The number of likely N-dealkylation sites (tertiary alicyclic amines) is 1. The SMILES string of the molecule is NC1CN(Cc2ccccc2)C(=O)C1=O. The highest BCUT2D eigenvalue weighted by molar-refractivity contribution is 6.40. The van der Waals surface area contributed by atoms with Gasteiger partial charge in [-0.2, -0.15) is 0 Å². The number of nitrogens with two attached hydrogens (primary N) is 1. The summed E-state index contributed by atoms with van der Waals surface area (Å²) in [6.07, 6.45) is 0. The summed E-state index contributed by atoms with van der Waals surface area (Å²) in [6.45, 7) is 0.783. The lowest BCUT2D eigenvalue weighted by atomic mass is 10.2. The van der Waals surface area contributed by atoms with Crippen molar-refractivity contribution in [2.75, 3.05) is 6.54 Å². The number of carbonyl (C=O) groups excluding carboxylic acids is 2. The molecule has 2 rings (SSSR count). The van der Waals surface area contributed by atoms with E-state index in [0.29, 0.717) is 13.1 Å². The summed E-state index contributed by atoms with van der Waals surface area (Å²) < 4.78 is 0. The van der Waals surface area contributed by atoms with Gasteiger partial charge in [-0.15, -0.1) is 0 Å². The number of ketones is 1. The summed E-state index contributed by atoms with van der Waals surface area (Å²) in [5, 5.41) is 0. The van der Waals surface area contributed by atoms with Crippen LogP contribution in [0.5, 0.6) is 0 Å². The van der Waals surface area contributed by atoms with Crippen LogP contribution in [0.1, 0.15) is 5.56 Å². The van der Waals surface area contributed by atoms with Gasteiger partial charge >= 0.3 is 0 Å². The first kappa shape index (κ1) is 9.86. The molecule has 0 bridgehead atoms. The normalized spacial score (nSPS) is 21.1. The summed E-state index contributed by atoms with van der Waals surface area (Å²) in [6, 6.07) is 8.89. The van der Waals surface area contributed by atoms with Crippen molar-refractivity contribution in [2.45, 2.75) is 12.6 Å². The Morgan fingerprint density at radius 2 is 1.93 bits per heavy atom. The summed E-state index contributed by atoms with van der Waals surface area (Å²) in [5.74, 6) is -0.947. The first-order valence-electron chi connectivity index (χ1n) is 4.81. The van der Waals surface area contributed by atoms with Gasteiger partial charge in [-0.05, 0) is 5.56 Å². The van der Waals surface area contributed by atoms with E-state index in [4.69, 9.17) is 5.73 Å². The smallest absolute Gasteiger partial charge is 0.292 e. The third-order valence-electron chi connectivity index (χ3n) is 2.47. The third kappa shape index (κ3) is 1.89. The van der Waals surface area contributed by atoms with Crippen LogP contribution < -0.4 is 5.73 Å². The van der Waals surface area contributed by atoms with E-state index in [1.807, 2.05) is 30.3 Å². The summed E-state index contributed by atoms with van der Waals surface area (Å²) >= 11 is 0. The molecule has 1 aromatic rings. The van der Waals surface area contributed by atoms with Crippen molar-refractivity contribution in [3.8, 4) is 0 Å². The van der Waals surface area contributed by atoms with Crippen molar-refractivity contribution in [1.82, 2.24) is 4.90 Å². The second-order valence-electron chi connectivity index (χ2n) is 3.64. The molecule has 1 atom stereocenters. The zero-order chi connectivity index (χ0) is 10.8. The lowest BCUT2D eigenvalue weighted by Gasteiger charge is -2.14. The van der Waals surface area contributed by atoms with Crippen molar-refractivity contribution in [3.05, 3.63) is 35.9 Å². The Balaban J connectivity index is 2.09. The standard InChI is InChI=1S/C11H12N2O2/c12-9-7-13(11(15)10(9)14)6-8-4-2-1-3-5-8/h1-5,9H,6-7,12H2. The predicted molar refractivity (Wildman–Crippen MR) is 54.8 cm³/mol. The van der Waals surface area contributed by atoms with Crippen LogP contribution in [0.25, 0.3) is 0 Å². The molecule has 0 radical (unpaired) electrons. The van der Waals surface area contributed by atoms with Crippen LogP contribution >= 0.6 is 0 Å². The predicted octanol–water partition coefficient (Wildman–Crippen LogP) is -0.0748. The van der Waals surface area contributed by atoms with Crippen LogP contribution in [0.2, 0.25) is 0 Å². The molecule has 1 fully saturated rings. The third-order valence-corrected chi connectivity index (χ3v) is 2.47. The van der Waals surface area contributed by atoms with Gasteiger partial charge in [0.05, 0.1) is 6.04 Å². The van der Waals surface area contributed by atoms with Crippen LogP contribution in [-0.4, -0.2) is 29.2 Å². The van der Waals surface area contributed by atoms with E-state index in [2.05, 4.69) is 0 Å². The molecular formula is C11H12N2O2. The lowest BCUT2D eigenvalue weighted by Crippen LogP contribution is -2.29. The first-order chi connectivity index (χ1) is 7.18. The minimum atomic E-state index is -0.652. The fraction of sp³-hybridized carbons (Fsp3) is 0.273. The van der Waals surface area contributed by atoms with E-state index >= 15 is 0 Å². The second kappa shape index (κ2) is 3.82. The van der Waals surface area contributed by atoms with Crippen LogP contribution in [-0.2, 0) is 16.1 Å². The Kier molecular flexibility index (Phi) is 2.51. The molecule has 1 aliphatic rings. The highest BCUT2D eigenvalue weighted by Gasteiger charge is 2.36. The summed E-state index contributed by atoms with van der Waals surface area (Å²) in [4.78, 5) is 24.1. The first-order valence-corrected chi connectivity index (χ1v) is 4.81. The zero-order valence-corrected chi connectivity index (χ0v) is 8.22. The van der Waals surface area contributed by atoms with Gasteiger partial charge in [0.15, 0.2) is 0 Å². The zero-order valence-electron chi connectivity index (χ0n) is 8.22. The molecule has 0 aromatic heterocycles. The van der Waals surface area contributed by atoms with Gasteiger partial charge in [-0.25, -0.2) is 0 Å². The van der Waals surface area contributed by atoms with Crippen molar-refractivity contribution in [1.29, 1.82) is 0 Å². The van der Waals surface area contributed by atoms with E-state index in [9.17, 15) is 9.59 Å². The minimum absolute atomic E-state index is 0.326. The topological polar surface area (TPSA) is 63.4 Å². The molecular weight excluding hydrogens is 192 g/mol. The van der Waals surface area contributed by atoms with Crippen LogP contribution in [0.3, 0.4) is 0 Å². The monoisotopic (exact) mass is 204 g/mol. The Morgan fingerprint density at radius 3 is 2.47 bits per heavy atom. The molecule has 0 aliphatic carbocycles. The number of Topliss-reactive ketones (excluding diaryl/α,β-unsaturated/α-hetero) is 1. The summed E-state index contributed by atoms with van der Waals surface area (Å²) in [7, 11) is 0. The van der Waals surface area contributed by atoms with Gasteiger partial charge in [-0.1, -0.05) is 30.3 Å². The number of rotatable bonds is 2. The lowest BCUT2D eigenvalue weighted by molar-refractivity contribution is -0.140. The minimum Gasteiger partial charge on any atom is -0.330 e. The molecule has 4 nitrogen and oxygen atoms in total. The number of hydrogen-bond acceptors (Lipinski definition) is 3. The Labute approximate surface area is 87.7 Å². The number of carbonyl (C=O) groups is 2. The van der Waals surface area contributed by atoms with E-state index in [-0.39, 0.29) is 0 Å². The average Bonchev–Trinajstić information content (AvgIpc) is 2.48. The largest absolute Gasteiger partial charge is 0.330 e. The molecule has 0 spiro atoms. The van der Waals surface area contributed by atoms with Crippen molar-refractivity contribution >= 4 is 11.7 Å². The molecule has 1 amide bonds. The molecule has 2 N–H and O–H groups in total. The summed E-state index contributed by atoms with van der Waals surface area (Å²) in [5.41, 5.74) is 6.51. The second-order valence-corrected chi connectivity index (χ2v) is 3.64. The average molecular weight is 204 g/mol. The van der Waals surface area contributed by atoms with E-state index in [1.165, 1.54) is 4.90 Å². The van der Waals surface area contributed by atoms with Gasteiger partial charge in [0.1, 0.15) is 0 Å². The number of amides is 1. The Bertz CT molecular complexity index is 389. The molecule has 4 heteroatoms. The highest BCUT2D eigenvalue weighted by Crippen LogP contribution is 2.11. The molecule has 1 unspecified atom stereocenters. The Hall–Kier alpha value is -1.68. The van der Waals surface area contributed by atoms with Crippen LogP contribution in [0.4, 0.5) is 0 Å². The quantitative estimate of drug-likeness (QED) is 0.686. The molecule has 78 valence electrons. The molecule has 1 aromatic carbocycles. The van der Waals surface area contributed by atoms with Gasteiger partial charge < -0.3 is 10.6 Å². The van der Waals surface area contributed by atoms with E-state index in [0.717, 1.165) is 5.56 Å². The maximum atomic E-state index is 11.4. The van der Waals surface area contributed by atoms with E-state index in [1.54, 1.807) is 0 Å². The fourth-order valence-electron chi connectivity index (χ4n) is 1.66. The maximum absolute atomic E-state index is 11.4. The molecule has 1 heterocycles. The van der Waals surface area contributed by atoms with Gasteiger partial charge in [-0.3, -0.25) is 9.59 Å². The number of hydrogen-bond donors (Lipinski definition) is 1. The number of nitrogens with zero attached hydrogens (tertiary/aromatic N) is 1. The van der Waals surface area contributed by atoms with E-state index < -0.39 is 17.7 Å². The van der Waals surface area contributed by atoms with Gasteiger partial charge in [0, 0.05) is 13.1 Å². The molecule has 1 aliphatic heterocycles. The van der Waals surface area contributed by atoms with Crippen molar-refractivity contribution in [2.24, 2.45) is 5.73 Å². The fourth-order valence-corrected chi connectivity index (χ4v) is 1.66. The van der Waals surface area contributed by atoms with Crippen LogP contribution in [0.15, 0.2) is 30.3 Å². The van der Waals surface area contributed by atoms with Crippen LogP contribution in [0, 0.1) is 0 Å². The van der Waals surface area contributed by atoms with Crippen molar-refractivity contribution in [3.63, 3.8) is 0 Å². The van der Waals surface area contributed by atoms with Gasteiger partial charge in [0.25, 0.3) is 5.91 Å². The maximum Gasteiger partial charge on any atom is 0.292 e. The van der Waals surface area contributed by atoms with Gasteiger partial charge in [0.2, 0.25) is 5.78 Å². The molecule has 15 heavy (non-hydrogen) atoms. The molecule has 1 saturated heterocycles. The molecule has 0 saturated carbocycles. The number of benzene rings is 1.